The Morgan fingerprint density at radius 1 is 1.27 bits per heavy atom. The molecule has 2 atom stereocenters. The van der Waals surface area contributed by atoms with Gasteiger partial charge in [0.1, 0.15) is 10.6 Å². The van der Waals surface area contributed by atoms with Crippen molar-refractivity contribution >= 4 is 39.1 Å². The van der Waals surface area contributed by atoms with E-state index < -0.39 is 22.0 Å². The van der Waals surface area contributed by atoms with Crippen molar-refractivity contribution in [3.63, 3.8) is 0 Å². The SMILES string of the molecule is C[C@@H](NC(=O)c1ccc(Cl)c(S(=O)(=O)NC[C@H]2CCCO2)c1)c1ccc2c(c1)NC(=O)CO2. The van der Waals surface area contributed by atoms with Gasteiger partial charge in [-0.25, -0.2) is 13.1 Å². The molecule has 3 N–H and O–H groups in total. The minimum atomic E-state index is -3.93. The molecule has 2 aromatic carbocycles. The molecule has 33 heavy (non-hydrogen) atoms. The Balaban J connectivity index is 1.47. The number of sulfonamides is 1. The number of halogens is 1. The molecule has 2 aliphatic rings. The monoisotopic (exact) mass is 493 g/mol. The summed E-state index contributed by atoms with van der Waals surface area (Å²) in [4.78, 5) is 24.2. The fourth-order valence-electron chi connectivity index (χ4n) is 3.67. The minimum Gasteiger partial charge on any atom is -0.482 e. The molecule has 9 nitrogen and oxygen atoms in total. The summed E-state index contributed by atoms with van der Waals surface area (Å²) in [5.41, 5.74) is 1.42. The van der Waals surface area contributed by atoms with Gasteiger partial charge in [-0.1, -0.05) is 17.7 Å². The maximum Gasteiger partial charge on any atom is 0.262 e. The van der Waals surface area contributed by atoms with Gasteiger partial charge in [0.25, 0.3) is 11.8 Å². The van der Waals surface area contributed by atoms with Gasteiger partial charge in [0.2, 0.25) is 10.0 Å². The number of rotatable bonds is 7. The number of benzene rings is 2. The highest BCUT2D eigenvalue weighted by Crippen LogP contribution is 2.31. The van der Waals surface area contributed by atoms with E-state index >= 15 is 0 Å². The fourth-order valence-corrected chi connectivity index (χ4v) is 5.26. The largest absolute Gasteiger partial charge is 0.482 e. The van der Waals surface area contributed by atoms with E-state index in [9.17, 15) is 18.0 Å². The third kappa shape index (κ3) is 5.47. The van der Waals surface area contributed by atoms with Crippen LogP contribution in [0, 0.1) is 0 Å². The molecule has 0 radical (unpaired) electrons. The summed E-state index contributed by atoms with van der Waals surface area (Å²) in [6.45, 7) is 2.50. The highest BCUT2D eigenvalue weighted by molar-refractivity contribution is 7.89. The molecule has 2 amide bonds. The highest BCUT2D eigenvalue weighted by Gasteiger charge is 2.24. The first kappa shape index (κ1) is 23.5. The zero-order valence-corrected chi connectivity index (χ0v) is 19.5. The summed E-state index contributed by atoms with van der Waals surface area (Å²) in [5.74, 6) is -0.160. The standard InChI is InChI=1S/C22H24ClN3O6S/c1-13(14-5-7-19-18(9-14)26-21(27)12-32-19)25-22(28)15-4-6-17(23)20(10-15)33(29,30)24-11-16-3-2-8-31-16/h4-7,9-10,13,16,24H,2-3,8,11-12H2,1H3,(H,25,28)(H,26,27)/t13-,16-/m1/s1. The summed E-state index contributed by atoms with van der Waals surface area (Å²) in [6.07, 6.45) is 1.51. The van der Waals surface area contributed by atoms with Crippen molar-refractivity contribution in [1.29, 1.82) is 0 Å². The number of nitrogens with one attached hydrogen (secondary N) is 3. The van der Waals surface area contributed by atoms with Gasteiger partial charge in [-0.2, -0.15) is 0 Å². The number of fused-ring (bicyclic) bond motifs is 1. The molecule has 2 heterocycles. The maximum atomic E-state index is 12.8. The summed E-state index contributed by atoms with van der Waals surface area (Å²) in [7, 11) is -3.93. The lowest BCUT2D eigenvalue weighted by Crippen LogP contribution is -2.32. The number of hydrogen-bond donors (Lipinski definition) is 3. The molecular formula is C22H24ClN3O6S. The van der Waals surface area contributed by atoms with E-state index in [-0.39, 0.29) is 40.6 Å². The van der Waals surface area contributed by atoms with Gasteiger partial charge in [-0.05, 0) is 55.7 Å². The molecule has 1 fully saturated rings. The van der Waals surface area contributed by atoms with Gasteiger partial charge in [-0.3, -0.25) is 9.59 Å². The van der Waals surface area contributed by atoms with Gasteiger partial charge >= 0.3 is 0 Å². The van der Waals surface area contributed by atoms with Gasteiger partial charge < -0.3 is 20.1 Å². The summed E-state index contributed by atoms with van der Waals surface area (Å²) in [5, 5.41) is 5.58. The van der Waals surface area contributed by atoms with Crippen LogP contribution in [0.5, 0.6) is 5.75 Å². The van der Waals surface area contributed by atoms with Crippen LogP contribution in [0.4, 0.5) is 5.69 Å². The predicted octanol–water partition coefficient (Wildman–Crippen LogP) is 2.62. The third-order valence-electron chi connectivity index (χ3n) is 5.49. The molecule has 2 aliphatic heterocycles. The molecule has 4 rings (SSSR count). The van der Waals surface area contributed by atoms with Crippen LogP contribution in [-0.4, -0.2) is 46.1 Å². The van der Waals surface area contributed by atoms with Gasteiger partial charge in [0.15, 0.2) is 6.61 Å². The lowest BCUT2D eigenvalue weighted by molar-refractivity contribution is -0.118. The Kier molecular flexibility index (Phi) is 6.89. The van der Waals surface area contributed by atoms with E-state index in [2.05, 4.69) is 15.4 Å². The number of carbonyl (C=O) groups is 2. The second-order valence-corrected chi connectivity index (χ2v) is 10.1. The molecule has 176 valence electrons. The zero-order valence-electron chi connectivity index (χ0n) is 17.9. The first-order valence-electron chi connectivity index (χ1n) is 10.5. The van der Waals surface area contributed by atoms with E-state index in [1.54, 1.807) is 25.1 Å². The highest BCUT2D eigenvalue weighted by atomic mass is 35.5. The average Bonchev–Trinajstić information content (AvgIpc) is 3.31. The fraction of sp³-hybridized carbons (Fsp3) is 0.364. The third-order valence-corrected chi connectivity index (χ3v) is 7.40. The molecule has 1 saturated heterocycles. The lowest BCUT2D eigenvalue weighted by Gasteiger charge is -2.21. The zero-order chi connectivity index (χ0) is 23.6. The predicted molar refractivity (Wildman–Crippen MR) is 122 cm³/mol. The molecule has 0 spiro atoms. The molecule has 2 aromatic rings. The smallest absolute Gasteiger partial charge is 0.262 e. The maximum absolute atomic E-state index is 12.8. The molecule has 0 aromatic heterocycles. The van der Waals surface area contributed by atoms with Crippen LogP contribution in [0.3, 0.4) is 0 Å². The molecule has 11 heteroatoms. The number of hydrogen-bond acceptors (Lipinski definition) is 6. The average molecular weight is 494 g/mol. The van der Waals surface area contributed by atoms with Crippen LogP contribution in [0.2, 0.25) is 5.02 Å². The molecule has 0 aliphatic carbocycles. The molecule has 0 unspecified atom stereocenters. The van der Waals surface area contributed by atoms with Crippen molar-refractivity contribution in [2.45, 2.75) is 36.8 Å². The molecular weight excluding hydrogens is 470 g/mol. The van der Waals surface area contributed by atoms with Crippen molar-refractivity contribution in [3.8, 4) is 5.75 Å². The molecule has 0 bridgehead atoms. The quantitative estimate of drug-likeness (QED) is 0.545. The van der Waals surface area contributed by atoms with E-state index in [4.69, 9.17) is 21.1 Å². The van der Waals surface area contributed by atoms with Crippen molar-refractivity contribution < 1.29 is 27.5 Å². The van der Waals surface area contributed by atoms with Gasteiger partial charge in [0, 0.05) is 18.7 Å². The van der Waals surface area contributed by atoms with E-state index in [1.807, 2.05) is 0 Å². The first-order valence-corrected chi connectivity index (χ1v) is 12.4. The van der Waals surface area contributed by atoms with Crippen molar-refractivity contribution in [2.75, 3.05) is 25.1 Å². The van der Waals surface area contributed by atoms with Crippen LogP contribution in [0.1, 0.15) is 41.7 Å². The van der Waals surface area contributed by atoms with Crippen LogP contribution < -0.4 is 20.1 Å². The van der Waals surface area contributed by atoms with Gasteiger partial charge in [-0.15, -0.1) is 0 Å². The number of anilines is 1. The number of ether oxygens (including phenoxy) is 2. The Bertz CT molecular complexity index is 1180. The van der Waals surface area contributed by atoms with Gasteiger partial charge in [0.05, 0.1) is 22.9 Å². The van der Waals surface area contributed by atoms with Crippen LogP contribution in [0.25, 0.3) is 0 Å². The Morgan fingerprint density at radius 2 is 2.09 bits per heavy atom. The minimum absolute atomic E-state index is 0.0184. The van der Waals surface area contributed by atoms with Crippen LogP contribution >= 0.6 is 11.6 Å². The van der Waals surface area contributed by atoms with Crippen molar-refractivity contribution in [3.05, 3.63) is 52.5 Å². The summed E-state index contributed by atoms with van der Waals surface area (Å²) < 4.78 is 38.8. The Labute approximate surface area is 196 Å². The normalized spacial score (nSPS) is 18.7. The lowest BCUT2D eigenvalue weighted by atomic mass is 10.1. The van der Waals surface area contributed by atoms with Crippen molar-refractivity contribution in [1.82, 2.24) is 10.0 Å². The summed E-state index contributed by atoms with van der Waals surface area (Å²) >= 11 is 6.13. The Hall–Kier alpha value is -2.66. The van der Waals surface area contributed by atoms with Crippen LogP contribution in [0.15, 0.2) is 41.3 Å². The Morgan fingerprint density at radius 3 is 2.85 bits per heavy atom. The van der Waals surface area contributed by atoms with Crippen molar-refractivity contribution in [2.24, 2.45) is 0 Å². The van der Waals surface area contributed by atoms with Crippen LogP contribution in [-0.2, 0) is 19.6 Å². The van der Waals surface area contributed by atoms with E-state index in [1.165, 1.54) is 18.2 Å². The first-order chi connectivity index (χ1) is 15.7. The second-order valence-electron chi connectivity index (χ2n) is 7.92. The van der Waals surface area contributed by atoms with E-state index in [0.29, 0.717) is 18.0 Å². The summed E-state index contributed by atoms with van der Waals surface area (Å²) in [6, 6.07) is 8.91. The topological polar surface area (TPSA) is 123 Å². The molecule has 0 saturated carbocycles. The second kappa shape index (κ2) is 9.68. The van der Waals surface area contributed by atoms with E-state index in [0.717, 1.165) is 18.4 Å². The number of carbonyl (C=O) groups excluding carboxylic acids is 2. The number of amides is 2.